The van der Waals surface area contributed by atoms with E-state index in [-0.39, 0.29) is 30.1 Å². The highest BCUT2D eigenvalue weighted by atomic mass is 32.1. The van der Waals surface area contributed by atoms with Crippen LogP contribution in [0.25, 0.3) is 18.2 Å². The van der Waals surface area contributed by atoms with Crippen LogP contribution < -0.4 is 9.64 Å². The van der Waals surface area contributed by atoms with Crippen molar-refractivity contribution >= 4 is 35.3 Å². The van der Waals surface area contributed by atoms with E-state index in [0.717, 1.165) is 33.2 Å². The fraction of sp³-hybridized carbons (Fsp3) is 0.323. The first-order valence-corrected chi connectivity index (χ1v) is 13.6. The van der Waals surface area contributed by atoms with E-state index >= 15 is 0 Å². The molecule has 3 rings (SSSR count). The number of thiophene rings is 1. The van der Waals surface area contributed by atoms with Crippen molar-refractivity contribution in [3.8, 4) is 24.0 Å². The number of ether oxygens (including phenoxy) is 2. The van der Waals surface area contributed by atoms with E-state index in [2.05, 4.69) is 6.07 Å². The van der Waals surface area contributed by atoms with Gasteiger partial charge in [0.25, 0.3) is 0 Å². The number of aliphatic hydroxyl groups excluding tert-OH is 2. The predicted molar refractivity (Wildman–Crippen MR) is 157 cm³/mol. The standard InChI is InChI=1S/C31H32N4O4S/c1-31(2)28(27(21-34)30(39-31)23(19-32)20-33)13-12-26-11-10-25(40-26)9-7-22-6-8-24(35(3)14-16-37)18-29(22)38-17-5-4-15-36/h6-13,18,36-37H,4-5,14-17H2,1-3H3/b9-7+,13-12+. The first-order chi connectivity index (χ1) is 19.3. The molecule has 8 nitrogen and oxygen atoms in total. The van der Waals surface area contributed by atoms with Crippen LogP contribution in [0.2, 0.25) is 0 Å². The predicted octanol–water partition coefficient (Wildman–Crippen LogP) is 5.44. The lowest BCUT2D eigenvalue weighted by Crippen LogP contribution is -2.21. The number of hydrogen-bond donors (Lipinski definition) is 2. The molecule has 2 N–H and O–H groups in total. The summed E-state index contributed by atoms with van der Waals surface area (Å²) in [4.78, 5) is 3.93. The van der Waals surface area contributed by atoms with Crippen molar-refractivity contribution in [3.05, 3.63) is 74.2 Å². The lowest BCUT2D eigenvalue weighted by molar-refractivity contribution is 0.0954. The highest BCUT2D eigenvalue weighted by Crippen LogP contribution is 2.40. The number of likely N-dealkylation sites (N-methyl/N-ethyl adjacent to an activating group) is 1. The van der Waals surface area contributed by atoms with Gasteiger partial charge in [0.05, 0.1) is 13.2 Å². The van der Waals surface area contributed by atoms with E-state index in [1.807, 2.05) is 60.5 Å². The zero-order valence-corrected chi connectivity index (χ0v) is 23.7. The van der Waals surface area contributed by atoms with Gasteiger partial charge >= 0.3 is 0 Å². The monoisotopic (exact) mass is 556 g/mol. The van der Waals surface area contributed by atoms with Crippen molar-refractivity contribution in [2.24, 2.45) is 0 Å². The maximum atomic E-state index is 9.72. The van der Waals surface area contributed by atoms with Gasteiger partial charge < -0.3 is 24.6 Å². The Morgan fingerprint density at radius 3 is 2.33 bits per heavy atom. The molecule has 40 heavy (non-hydrogen) atoms. The fourth-order valence-electron chi connectivity index (χ4n) is 4.07. The summed E-state index contributed by atoms with van der Waals surface area (Å²) < 4.78 is 11.9. The molecule has 0 aliphatic carbocycles. The van der Waals surface area contributed by atoms with Crippen molar-refractivity contribution < 1.29 is 19.7 Å². The summed E-state index contributed by atoms with van der Waals surface area (Å²) in [5, 5.41) is 46.6. The molecule has 9 heteroatoms. The number of nitrogens with zero attached hydrogens (tertiary/aromatic N) is 4. The zero-order chi connectivity index (χ0) is 29.1. The van der Waals surface area contributed by atoms with Crippen molar-refractivity contribution in [1.29, 1.82) is 15.8 Å². The minimum absolute atomic E-state index is 0.0231. The van der Waals surface area contributed by atoms with Crippen molar-refractivity contribution in [2.45, 2.75) is 32.3 Å². The molecule has 2 heterocycles. The molecule has 2 aromatic rings. The Morgan fingerprint density at radius 1 is 1.00 bits per heavy atom. The highest BCUT2D eigenvalue weighted by molar-refractivity contribution is 7.13. The van der Waals surface area contributed by atoms with E-state index in [0.29, 0.717) is 25.1 Å². The molecular weight excluding hydrogens is 524 g/mol. The minimum Gasteiger partial charge on any atom is -0.493 e. The van der Waals surface area contributed by atoms with Crippen LogP contribution in [-0.2, 0) is 4.74 Å². The Bertz CT molecular complexity index is 1450. The molecule has 0 saturated carbocycles. The van der Waals surface area contributed by atoms with E-state index < -0.39 is 5.60 Å². The van der Waals surface area contributed by atoms with Crippen LogP contribution >= 0.6 is 11.3 Å². The van der Waals surface area contributed by atoms with Crippen LogP contribution in [0.3, 0.4) is 0 Å². The molecule has 0 unspecified atom stereocenters. The van der Waals surface area contributed by atoms with Crippen molar-refractivity contribution in [3.63, 3.8) is 0 Å². The first kappa shape index (κ1) is 30.2. The van der Waals surface area contributed by atoms with E-state index in [1.165, 1.54) is 0 Å². The van der Waals surface area contributed by atoms with Gasteiger partial charge in [-0.15, -0.1) is 11.3 Å². The van der Waals surface area contributed by atoms with Gasteiger partial charge in [-0.2, -0.15) is 15.8 Å². The van der Waals surface area contributed by atoms with Crippen molar-refractivity contribution in [1.82, 2.24) is 0 Å². The maximum absolute atomic E-state index is 9.72. The van der Waals surface area contributed by atoms with Crippen LogP contribution in [0.15, 0.2) is 58.9 Å². The average molecular weight is 557 g/mol. The summed E-state index contributed by atoms with van der Waals surface area (Å²) in [6.07, 6.45) is 9.11. The molecule has 0 fully saturated rings. The third-order valence-corrected chi connectivity index (χ3v) is 7.25. The normalized spacial score (nSPS) is 14.2. The third kappa shape index (κ3) is 7.40. The SMILES string of the molecule is CN(CCO)c1ccc(/C=C/c2ccc(/C=C/C3=C(C#N)C(=C(C#N)C#N)OC3(C)C)s2)c(OCCCCO)c1. The summed E-state index contributed by atoms with van der Waals surface area (Å²) >= 11 is 1.56. The topological polar surface area (TPSA) is 134 Å². The van der Waals surface area contributed by atoms with Crippen LogP contribution in [0.1, 0.15) is 42.0 Å². The fourth-order valence-corrected chi connectivity index (χ4v) is 4.88. The van der Waals surface area contributed by atoms with Gasteiger partial charge in [0.2, 0.25) is 0 Å². The largest absolute Gasteiger partial charge is 0.493 e. The summed E-state index contributed by atoms with van der Waals surface area (Å²) in [7, 11) is 1.91. The van der Waals surface area contributed by atoms with Crippen LogP contribution in [0, 0.1) is 34.0 Å². The first-order valence-electron chi connectivity index (χ1n) is 12.8. The molecule has 1 aliphatic heterocycles. The summed E-state index contributed by atoms with van der Waals surface area (Å²) in [6.45, 7) is 4.77. The molecule has 0 atom stereocenters. The van der Waals surface area contributed by atoms with Gasteiger partial charge in [-0.3, -0.25) is 0 Å². The number of nitriles is 3. The molecule has 0 bridgehead atoms. The molecule has 0 saturated heterocycles. The van der Waals surface area contributed by atoms with Gasteiger partial charge in [0, 0.05) is 52.8 Å². The maximum Gasteiger partial charge on any atom is 0.172 e. The Labute approximate surface area is 239 Å². The van der Waals surface area contributed by atoms with Gasteiger partial charge in [-0.1, -0.05) is 6.08 Å². The number of benzene rings is 1. The molecule has 1 aromatic heterocycles. The molecular formula is C31H32N4O4S. The molecule has 1 aromatic carbocycles. The van der Waals surface area contributed by atoms with Gasteiger partial charge in [-0.05, 0) is 69.2 Å². The van der Waals surface area contributed by atoms with E-state index in [1.54, 1.807) is 43.4 Å². The van der Waals surface area contributed by atoms with Gasteiger partial charge in [-0.25, -0.2) is 0 Å². The minimum atomic E-state index is -0.860. The Morgan fingerprint density at radius 2 is 1.70 bits per heavy atom. The second kappa shape index (κ2) is 14.2. The quantitative estimate of drug-likeness (QED) is 0.261. The average Bonchev–Trinajstić information content (AvgIpc) is 3.50. The van der Waals surface area contributed by atoms with Crippen LogP contribution in [0.5, 0.6) is 5.75 Å². The Hall–Kier alpha value is -4.33. The smallest absolute Gasteiger partial charge is 0.172 e. The van der Waals surface area contributed by atoms with Crippen molar-refractivity contribution in [2.75, 3.05) is 38.3 Å². The number of rotatable bonds is 12. The van der Waals surface area contributed by atoms with Crippen LogP contribution in [0.4, 0.5) is 5.69 Å². The second-order valence-corrected chi connectivity index (χ2v) is 10.6. The number of anilines is 1. The number of hydrogen-bond acceptors (Lipinski definition) is 9. The number of unbranched alkanes of at least 4 members (excludes halogenated alkanes) is 1. The summed E-state index contributed by atoms with van der Waals surface area (Å²) in [5.41, 5.74) is 1.56. The van der Waals surface area contributed by atoms with Gasteiger partial charge in [0.15, 0.2) is 11.3 Å². The Balaban J connectivity index is 1.84. The molecule has 1 aliphatic rings. The molecule has 0 radical (unpaired) electrons. The zero-order valence-electron chi connectivity index (χ0n) is 22.8. The summed E-state index contributed by atoms with van der Waals surface area (Å²) in [6, 6.07) is 15.6. The lowest BCUT2D eigenvalue weighted by Gasteiger charge is -2.20. The molecule has 206 valence electrons. The van der Waals surface area contributed by atoms with E-state index in [4.69, 9.17) is 14.6 Å². The number of aliphatic hydroxyl groups is 2. The lowest BCUT2D eigenvalue weighted by atomic mass is 9.94. The Kier molecular flexibility index (Phi) is 10.7. The molecule has 0 spiro atoms. The number of allylic oxidation sites excluding steroid dienone is 2. The molecule has 0 amide bonds. The van der Waals surface area contributed by atoms with E-state index in [9.17, 15) is 20.9 Å². The third-order valence-electron chi connectivity index (χ3n) is 6.24. The summed E-state index contributed by atoms with van der Waals surface area (Å²) in [5.74, 6) is 0.750. The van der Waals surface area contributed by atoms with Crippen LogP contribution in [-0.4, -0.2) is 49.2 Å². The van der Waals surface area contributed by atoms with Gasteiger partial charge in [0.1, 0.15) is 35.1 Å². The second-order valence-electron chi connectivity index (χ2n) is 9.49. The highest BCUT2D eigenvalue weighted by Gasteiger charge is 2.38.